The van der Waals surface area contributed by atoms with Crippen molar-refractivity contribution in [1.82, 2.24) is 10.2 Å². The molecule has 0 aromatic carbocycles. The van der Waals surface area contributed by atoms with E-state index in [1.807, 2.05) is 0 Å². The molecule has 2 aliphatic heterocycles. The highest BCUT2D eigenvalue weighted by Gasteiger charge is 2.15. The highest BCUT2D eigenvalue weighted by Crippen LogP contribution is 2.09. The first-order valence-corrected chi connectivity index (χ1v) is 5.00. The minimum Gasteiger partial charge on any atom is -0.356 e. The van der Waals surface area contributed by atoms with Crippen molar-refractivity contribution in [3.8, 4) is 0 Å². The number of hydrogen-bond acceptors (Lipinski definition) is 3. The Kier molecular flexibility index (Phi) is 2.49. The van der Waals surface area contributed by atoms with E-state index in [0.29, 0.717) is 0 Å². The van der Waals surface area contributed by atoms with Crippen LogP contribution >= 0.6 is 0 Å². The van der Waals surface area contributed by atoms with Gasteiger partial charge < -0.3 is 10.2 Å². The molecule has 1 fully saturated rings. The van der Waals surface area contributed by atoms with Gasteiger partial charge >= 0.3 is 0 Å². The molecule has 0 saturated carbocycles. The van der Waals surface area contributed by atoms with Crippen LogP contribution in [0.1, 0.15) is 25.7 Å². The van der Waals surface area contributed by atoms with Crippen molar-refractivity contribution in [2.24, 2.45) is 4.99 Å². The summed E-state index contributed by atoms with van der Waals surface area (Å²) in [5.74, 6) is 1.15. The van der Waals surface area contributed by atoms with Gasteiger partial charge in [0.1, 0.15) is 0 Å². The van der Waals surface area contributed by atoms with Crippen LogP contribution in [0.4, 0.5) is 0 Å². The van der Waals surface area contributed by atoms with Gasteiger partial charge in [-0.15, -0.1) is 0 Å². The van der Waals surface area contributed by atoms with Crippen LogP contribution in [0.25, 0.3) is 0 Å². The van der Waals surface area contributed by atoms with Crippen molar-refractivity contribution in [2.75, 3.05) is 26.2 Å². The van der Waals surface area contributed by atoms with Crippen molar-refractivity contribution >= 4 is 5.96 Å². The fourth-order valence-corrected chi connectivity index (χ4v) is 1.84. The summed E-state index contributed by atoms with van der Waals surface area (Å²) in [6.07, 6.45) is 5.25. The molecule has 1 saturated heterocycles. The Labute approximate surface area is 73.9 Å². The normalized spacial score (nSPS) is 24.7. The molecule has 12 heavy (non-hydrogen) atoms. The fraction of sp³-hybridized carbons (Fsp3) is 0.889. The lowest BCUT2D eigenvalue weighted by Crippen LogP contribution is -2.46. The van der Waals surface area contributed by atoms with Gasteiger partial charge in [0, 0.05) is 26.2 Å². The van der Waals surface area contributed by atoms with Crippen LogP contribution in [-0.2, 0) is 0 Å². The van der Waals surface area contributed by atoms with Crippen molar-refractivity contribution in [3.63, 3.8) is 0 Å². The van der Waals surface area contributed by atoms with Gasteiger partial charge in [0.25, 0.3) is 0 Å². The number of hydrogen-bond donors (Lipinski definition) is 1. The Hall–Kier alpha value is -0.730. The Morgan fingerprint density at radius 1 is 1.08 bits per heavy atom. The average molecular weight is 167 g/mol. The van der Waals surface area contributed by atoms with Crippen LogP contribution in [0.3, 0.4) is 0 Å². The second kappa shape index (κ2) is 3.78. The standard InChI is InChI=1S/C9H17N3/c1-2-7-12(8-3-1)9-10-5-4-6-11-9/h1-8H2,(H,10,11). The van der Waals surface area contributed by atoms with Gasteiger partial charge in [-0.25, -0.2) is 0 Å². The quantitative estimate of drug-likeness (QED) is 0.578. The number of likely N-dealkylation sites (tertiary alicyclic amines) is 1. The third kappa shape index (κ3) is 1.71. The lowest BCUT2D eigenvalue weighted by atomic mass is 10.1. The first-order chi connectivity index (χ1) is 5.97. The minimum absolute atomic E-state index is 1.01. The van der Waals surface area contributed by atoms with Crippen molar-refractivity contribution < 1.29 is 0 Å². The summed E-state index contributed by atoms with van der Waals surface area (Å²) in [5, 5.41) is 3.36. The number of nitrogens with one attached hydrogen (secondary N) is 1. The van der Waals surface area contributed by atoms with Gasteiger partial charge in [0.05, 0.1) is 0 Å². The summed E-state index contributed by atoms with van der Waals surface area (Å²) in [4.78, 5) is 6.88. The second-order valence-electron chi connectivity index (χ2n) is 3.53. The molecule has 0 unspecified atom stereocenters. The van der Waals surface area contributed by atoms with E-state index >= 15 is 0 Å². The van der Waals surface area contributed by atoms with E-state index in [2.05, 4.69) is 15.2 Å². The maximum absolute atomic E-state index is 4.48. The van der Waals surface area contributed by atoms with Gasteiger partial charge in [-0.1, -0.05) is 0 Å². The number of rotatable bonds is 0. The van der Waals surface area contributed by atoms with E-state index in [-0.39, 0.29) is 0 Å². The van der Waals surface area contributed by atoms with Crippen molar-refractivity contribution in [2.45, 2.75) is 25.7 Å². The lowest BCUT2D eigenvalue weighted by molar-refractivity contribution is 0.328. The molecule has 68 valence electrons. The van der Waals surface area contributed by atoms with Crippen LogP contribution < -0.4 is 5.32 Å². The van der Waals surface area contributed by atoms with E-state index in [9.17, 15) is 0 Å². The average Bonchev–Trinajstić information content (AvgIpc) is 2.21. The highest BCUT2D eigenvalue weighted by molar-refractivity contribution is 5.80. The predicted octanol–water partition coefficient (Wildman–Crippen LogP) is 0.822. The molecule has 3 nitrogen and oxygen atoms in total. The molecule has 2 heterocycles. The van der Waals surface area contributed by atoms with E-state index in [1.165, 1.54) is 38.8 Å². The van der Waals surface area contributed by atoms with E-state index in [1.54, 1.807) is 0 Å². The molecule has 0 aromatic rings. The van der Waals surface area contributed by atoms with Gasteiger partial charge in [0.2, 0.25) is 0 Å². The molecule has 0 spiro atoms. The Morgan fingerprint density at radius 3 is 2.58 bits per heavy atom. The van der Waals surface area contributed by atoms with Crippen LogP contribution in [0, 0.1) is 0 Å². The van der Waals surface area contributed by atoms with Gasteiger partial charge in [-0.2, -0.15) is 0 Å². The highest BCUT2D eigenvalue weighted by atomic mass is 15.3. The third-order valence-electron chi connectivity index (χ3n) is 2.54. The Morgan fingerprint density at radius 2 is 1.92 bits per heavy atom. The third-order valence-corrected chi connectivity index (χ3v) is 2.54. The summed E-state index contributed by atoms with van der Waals surface area (Å²) in [7, 11) is 0. The number of nitrogens with zero attached hydrogens (tertiary/aromatic N) is 2. The molecule has 0 aromatic heterocycles. The predicted molar refractivity (Wildman–Crippen MR) is 50.3 cm³/mol. The first kappa shape index (κ1) is 7.90. The number of guanidine groups is 1. The summed E-state index contributed by atoms with van der Waals surface area (Å²) in [6, 6.07) is 0. The maximum Gasteiger partial charge on any atom is 0.193 e. The molecule has 0 aliphatic carbocycles. The molecule has 0 radical (unpaired) electrons. The summed E-state index contributed by atoms with van der Waals surface area (Å²) < 4.78 is 0. The van der Waals surface area contributed by atoms with Crippen molar-refractivity contribution in [1.29, 1.82) is 0 Å². The zero-order valence-electron chi connectivity index (χ0n) is 7.55. The van der Waals surface area contributed by atoms with E-state index in [0.717, 1.165) is 19.0 Å². The van der Waals surface area contributed by atoms with Crippen LogP contribution in [0.2, 0.25) is 0 Å². The van der Waals surface area contributed by atoms with Gasteiger partial charge in [0.15, 0.2) is 5.96 Å². The Balaban J connectivity index is 1.92. The molecule has 2 aliphatic rings. The number of piperidine rings is 1. The molecule has 0 amide bonds. The molecule has 2 rings (SSSR count). The maximum atomic E-state index is 4.48. The lowest BCUT2D eigenvalue weighted by Gasteiger charge is -2.31. The molecule has 0 atom stereocenters. The second-order valence-corrected chi connectivity index (χ2v) is 3.53. The molecule has 1 N–H and O–H groups in total. The smallest absolute Gasteiger partial charge is 0.193 e. The van der Waals surface area contributed by atoms with Crippen LogP contribution in [0.15, 0.2) is 4.99 Å². The monoisotopic (exact) mass is 167 g/mol. The minimum atomic E-state index is 1.01. The zero-order chi connectivity index (χ0) is 8.23. The van der Waals surface area contributed by atoms with Gasteiger partial charge in [-0.3, -0.25) is 4.99 Å². The largest absolute Gasteiger partial charge is 0.356 e. The SMILES string of the molecule is C1CCN(C2=NCCCN2)CC1. The van der Waals surface area contributed by atoms with Gasteiger partial charge in [-0.05, 0) is 25.7 Å². The molecular formula is C9H17N3. The molecule has 3 heteroatoms. The zero-order valence-corrected chi connectivity index (χ0v) is 7.55. The van der Waals surface area contributed by atoms with E-state index in [4.69, 9.17) is 0 Å². The van der Waals surface area contributed by atoms with Crippen LogP contribution in [0.5, 0.6) is 0 Å². The Bertz CT molecular complexity index is 171. The van der Waals surface area contributed by atoms with Crippen molar-refractivity contribution in [3.05, 3.63) is 0 Å². The summed E-state index contributed by atoms with van der Waals surface area (Å²) >= 11 is 0. The van der Waals surface area contributed by atoms with Crippen LogP contribution in [-0.4, -0.2) is 37.0 Å². The summed E-state index contributed by atoms with van der Waals surface area (Å²) in [5.41, 5.74) is 0. The topological polar surface area (TPSA) is 27.6 Å². The summed E-state index contributed by atoms with van der Waals surface area (Å²) in [6.45, 7) is 4.52. The molecule has 0 bridgehead atoms. The fourth-order valence-electron chi connectivity index (χ4n) is 1.84. The number of aliphatic imine (C=N–C) groups is 1. The first-order valence-electron chi connectivity index (χ1n) is 5.00. The van der Waals surface area contributed by atoms with E-state index < -0.39 is 0 Å². The molecular weight excluding hydrogens is 150 g/mol.